The molecule has 0 fully saturated rings. The quantitative estimate of drug-likeness (QED) is 0.763. The third kappa shape index (κ3) is 4.30. The van der Waals surface area contributed by atoms with E-state index in [-0.39, 0.29) is 5.56 Å². The van der Waals surface area contributed by atoms with Gasteiger partial charge in [-0.25, -0.2) is 4.98 Å². The zero-order valence-electron chi connectivity index (χ0n) is 11.3. The summed E-state index contributed by atoms with van der Waals surface area (Å²) in [7, 11) is 0. The number of nitrogens with one attached hydrogen (secondary N) is 1. The third-order valence-corrected chi connectivity index (χ3v) is 2.74. The highest BCUT2D eigenvalue weighted by molar-refractivity contribution is 5.01. The second-order valence-corrected chi connectivity index (χ2v) is 4.70. The van der Waals surface area contributed by atoms with Gasteiger partial charge in [-0.2, -0.15) is 0 Å². The summed E-state index contributed by atoms with van der Waals surface area (Å²) in [5, 5.41) is 3.37. The Labute approximate surface area is 103 Å². The maximum Gasteiger partial charge on any atom is 0.253 e. The maximum atomic E-state index is 11.8. The molecule has 0 radical (unpaired) electrons. The van der Waals surface area contributed by atoms with Gasteiger partial charge >= 0.3 is 0 Å². The standard InChI is InChI=1S/C13H23N3O/c1-5-6-14-8-10(2)9-16-12(4)15-11(3)7-13(16)17/h7,10,14H,5-6,8-9H2,1-4H3. The molecule has 1 unspecified atom stereocenters. The molecular formula is C13H23N3O. The number of nitrogens with zero attached hydrogens (tertiary/aromatic N) is 2. The Hall–Kier alpha value is -1.16. The summed E-state index contributed by atoms with van der Waals surface area (Å²) < 4.78 is 1.76. The van der Waals surface area contributed by atoms with Crippen LogP contribution in [-0.4, -0.2) is 22.6 Å². The van der Waals surface area contributed by atoms with Crippen LogP contribution in [0.2, 0.25) is 0 Å². The molecule has 1 rings (SSSR count). The lowest BCUT2D eigenvalue weighted by Crippen LogP contribution is -2.30. The van der Waals surface area contributed by atoms with Crippen LogP contribution in [0.4, 0.5) is 0 Å². The van der Waals surface area contributed by atoms with E-state index >= 15 is 0 Å². The van der Waals surface area contributed by atoms with Gasteiger partial charge in [-0.15, -0.1) is 0 Å². The van der Waals surface area contributed by atoms with Crippen molar-refractivity contribution in [2.24, 2.45) is 5.92 Å². The van der Waals surface area contributed by atoms with E-state index in [0.29, 0.717) is 5.92 Å². The van der Waals surface area contributed by atoms with Crippen LogP contribution in [0.25, 0.3) is 0 Å². The minimum atomic E-state index is 0.0531. The summed E-state index contributed by atoms with van der Waals surface area (Å²) in [6.45, 7) is 10.7. The van der Waals surface area contributed by atoms with E-state index in [0.717, 1.165) is 37.6 Å². The highest BCUT2D eigenvalue weighted by Gasteiger charge is 2.07. The van der Waals surface area contributed by atoms with E-state index in [2.05, 4.69) is 24.1 Å². The lowest BCUT2D eigenvalue weighted by atomic mass is 10.1. The maximum absolute atomic E-state index is 11.8. The third-order valence-electron chi connectivity index (χ3n) is 2.74. The summed E-state index contributed by atoms with van der Waals surface area (Å²) in [5.41, 5.74) is 0.845. The van der Waals surface area contributed by atoms with Gasteiger partial charge < -0.3 is 5.32 Å². The Morgan fingerprint density at radius 2 is 2.18 bits per heavy atom. The average Bonchev–Trinajstić information content (AvgIpc) is 2.24. The normalized spacial score (nSPS) is 12.7. The van der Waals surface area contributed by atoms with Gasteiger partial charge in [0.2, 0.25) is 0 Å². The van der Waals surface area contributed by atoms with E-state index in [1.807, 2.05) is 13.8 Å². The van der Waals surface area contributed by atoms with E-state index in [1.165, 1.54) is 0 Å². The van der Waals surface area contributed by atoms with Gasteiger partial charge in [-0.05, 0) is 39.3 Å². The first-order valence-electron chi connectivity index (χ1n) is 6.30. The Balaban J connectivity index is 2.65. The second-order valence-electron chi connectivity index (χ2n) is 4.70. The fourth-order valence-electron chi connectivity index (χ4n) is 1.89. The van der Waals surface area contributed by atoms with Crippen molar-refractivity contribution in [3.05, 3.63) is 27.9 Å². The van der Waals surface area contributed by atoms with Gasteiger partial charge in [0.15, 0.2) is 0 Å². The van der Waals surface area contributed by atoms with Crippen molar-refractivity contribution in [2.75, 3.05) is 13.1 Å². The zero-order valence-corrected chi connectivity index (χ0v) is 11.3. The van der Waals surface area contributed by atoms with Gasteiger partial charge in [-0.1, -0.05) is 13.8 Å². The van der Waals surface area contributed by atoms with Gasteiger partial charge in [-0.3, -0.25) is 9.36 Å². The fourth-order valence-corrected chi connectivity index (χ4v) is 1.89. The summed E-state index contributed by atoms with van der Waals surface area (Å²) in [4.78, 5) is 16.2. The minimum absolute atomic E-state index is 0.0531. The summed E-state index contributed by atoms with van der Waals surface area (Å²) in [5.74, 6) is 1.24. The number of hydrogen-bond acceptors (Lipinski definition) is 3. The average molecular weight is 237 g/mol. The minimum Gasteiger partial charge on any atom is -0.316 e. The fraction of sp³-hybridized carbons (Fsp3) is 0.692. The molecule has 0 saturated heterocycles. The lowest BCUT2D eigenvalue weighted by molar-refractivity contribution is 0.430. The molecule has 4 nitrogen and oxygen atoms in total. The highest BCUT2D eigenvalue weighted by atomic mass is 16.1. The molecule has 1 N–H and O–H groups in total. The van der Waals surface area contributed by atoms with Crippen molar-refractivity contribution < 1.29 is 0 Å². The first-order chi connectivity index (χ1) is 8.04. The number of rotatable bonds is 6. The smallest absolute Gasteiger partial charge is 0.253 e. The monoisotopic (exact) mass is 237 g/mol. The van der Waals surface area contributed by atoms with Crippen LogP contribution in [0.15, 0.2) is 10.9 Å². The molecule has 0 saturated carbocycles. The second kappa shape index (κ2) is 6.55. The first kappa shape index (κ1) is 13.9. The van der Waals surface area contributed by atoms with Crippen molar-refractivity contribution in [2.45, 2.75) is 40.7 Å². The molecular weight excluding hydrogens is 214 g/mol. The molecule has 4 heteroatoms. The Morgan fingerprint density at radius 3 is 2.76 bits per heavy atom. The van der Waals surface area contributed by atoms with Crippen LogP contribution in [0, 0.1) is 19.8 Å². The largest absolute Gasteiger partial charge is 0.316 e. The van der Waals surface area contributed by atoms with Gasteiger partial charge in [0.05, 0.1) is 0 Å². The van der Waals surface area contributed by atoms with Crippen LogP contribution in [0.1, 0.15) is 31.8 Å². The molecule has 1 heterocycles. The van der Waals surface area contributed by atoms with Gasteiger partial charge in [0.1, 0.15) is 5.82 Å². The summed E-state index contributed by atoms with van der Waals surface area (Å²) >= 11 is 0. The Kier molecular flexibility index (Phi) is 5.35. The van der Waals surface area contributed by atoms with Crippen molar-refractivity contribution in [1.82, 2.24) is 14.9 Å². The van der Waals surface area contributed by atoms with E-state index in [1.54, 1.807) is 10.6 Å². The molecule has 0 bridgehead atoms. The van der Waals surface area contributed by atoms with Crippen LogP contribution < -0.4 is 10.9 Å². The van der Waals surface area contributed by atoms with Gasteiger partial charge in [0, 0.05) is 18.3 Å². The van der Waals surface area contributed by atoms with Crippen LogP contribution in [-0.2, 0) is 6.54 Å². The van der Waals surface area contributed by atoms with E-state index < -0.39 is 0 Å². The summed E-state index contributed by atoms with van der Waals surface area (Å²) in [6.07, 6.45) is 1.14. The van der Waals surface area contributed by atoms with Gasteiger partial charge in [0.25, 0.3) is 5.56 Å². The van der Waals surface area contributed by atoms with E-state index in [9.17, 15) is 4.79 Å². The lowest BCUT2D eigenvalue weighted by Gasteiger charge is -2.16. The molecule has 96 valence electrons. The molecule has 0 aliphatic heterocycles. The molecule has 0 spiro atoms. The van der Waals surface area contributed by atoms with Crippen molar-refractivity contribution in [3.63, 3.8) is 0 Å². The molecule has 1 aromatic rings. The topological polar surface area (TPSA) is 46.9 Å². The van der Waals surface area contributed by atoms with Crippen molar-refractivity contribution >= 4 is 0 Å². The molecule has 0 aromatic carbocycles. The molecule has 0 aliphatic rings. The molecule has 1 atom stereocenters. The van der Waals surface area contributed by atoms with Crippen molar-refractivity contribution in [3.8, 4) is 0 Å². The zero-order chi connectivity index (χ0) is 12.8. The Morgan fingerprint density at radius 1 is 1.47 bits per heavy atom. The number of aryl methyl sites for hydroxylation is 2. The highest BCUT2D eigenvalue weighted by Crippen LogP contribution is 2.00. The molecule has 17 heavy (non-hydrogen) atoms. The molecule has 0 amide bonds. The van der Waals surface area contributed by atoms with Crippen LogP contribution >= 0.6 is 0 Å². The number of aromatic nitrogens is 2. The first-order valence-corrected chi connectivity index (χ1v) is 6.30. The number of hydrogen-bond donors (Lipinski definition) is 1. The molecule has 1 aromatic heterocycles. The predicted octanol–water partition coefficient (Wildman–Crippen LogP) is 1.50. The Bertz CT molecular complexity index is 412. The van der Waals surface area contributed by atoms with E-state index in [4.69, 9.17) is 0 Å². The summed E-state index contributed by atoms with van der Waals surface area (Å²) in [6, 6.07) is 1.60. The van der Waals surface area contributed by atoms with Crippen molar-refractivity contribution in [1.29, 1.82) is 0 Å². The SMILES string of the molecule is CCCNCC(C)Cn1c(C)nc(C)cc1=O. The van der Waals surface area contributed by atoms with Crippen LogP contribution in [0.5, 0.6) is 0 Å². The predicted molar refractivity (Wildman–Crippen MR) is 70.3 cm³/mol. The van der Waals surface area contributed by atoms with Crippen LogP contribution in [0.3, 0.4) is 0 Å². The molecule has 0 aliphatic carbocycles.